The second kappa shape index (κ2) is 12.6. The van der Waals surface area contributed by atoms with Crippen molar-refractivity contribution in [1.82, 2.24) is 0 Å². The van der Waals surface area contributed by atoms with E-state index in [1.165, 1.54) is 11.8 Å². The van der Waals surface area contributed by atoms with E-state index in [0.717, 1.165) is 30.3 Å². The molecule has 3 unspecified atom stereocenters. The quantitative estimate of drug-likeness (QED) is 0.157. The molecule has 8 heteroatoms. The highest BCUT2D eigenvalue weighted by Gasteiger charge is 2.36. The van der Waals surface area contributed by atoms with Crippen molar-refractivity contribution < 1.29 is 9.59 Å². The number of thioether (sulfide) groups is 2. The fraction of sp³-hybridized carbons (Fsp3) is 0.0909. The minimum Gasteiger partial charge on any atom is -0.325 e. The predicted molar refractivity (Wildman–Crippen MR) is 179 cm³/mol. The molecule has 0 bridgehead atoms. The van der Waals surface area contributed by atoms with Crippen LogP contribution in [0.4, 0.5) is 21.9 Å². The van der Waals surface area contributed by atoms with Crippen LogP contribution >= 0.6 is 46.1 Å². The average Bonchev–Trinajstić information content (AvgIpc) is 3.00. The third kappa shape index (κ3) is 6.39. The number of urea groups is 1. The van der Waals surface area contributed by atoms with Crippen molar-refractivity contribution in [3.8, 4) is 0 Å². The topological polar surface area (TPSA) is 61.4 Å². The standard InChI is InChI=1S/C33H26IN3O2S2/c34-23-17-19-24(20-18-23)35-32(38)31(22-9-2-1-3-10-22)40-26-12-8-11-25(21-26)36-33(39)37-27-13-4-6-15-29(27)41-30-16-7-5-14-28(30)37/h1-21,27,29,31H,(H,35,38)(H,36,39). The van der Waals surface area contributed by atoms with Crippen molar-refractivity contribution in [2.45, 2.75) is 26.3 Å². The first-order valence-electron chi connectivity index (χ1n) is 13.1. The van der Waals surface area contributed by atoms with E-state index < -0.39 is 5.25 Å². The lowest BCUT2D eigenvalue weighted by molar-refractivity contribution is -0.115. The molecule has 4 aromatic rings. The molecule has 3 amide bonds. The van der Waals surface area contributed by atoms with Crippen LogP contribution in [0.15, 0.2) is 137 Å². The van der Waals surface area contributed by atoms with Crippen LogP contribution in [0.3, 0.4) is 0 Å². The van der Waals surface area contributed by atoms with Crippen LogP contribution in [0, 0.1) is 3.57 Å². The van der Waals surface area contributed by atoms with E-state index >= 15 is 0 Å². The molecule has 0 saturated carbocycles. The normalized spacial score (nSPS) is 17.7. The van der Waals surface area contributed by atoms with Crippen LogP contribution in [0.2, 0.25) is 0 Å². The lowest BCUT2D eigenvalue weighted by Gasteiger charge is -2.40. The van der Waals surface area contributed by atoms with Crippen LogP contribution < -0.4 is 15.5 Å². The molecule has 0 spiro atoms. The Balaban J connectivity index is 1.23. The van der Waals surface area contributed by atoms with Gasteiger partial charge >= 0.3 is 6.03 Å². The van der Waals surface area contributed by atoms with Gasteiger partial charge in [-0.15, -0.1) is 23.5 Å². The van der Waals surface area contributed by atoms with E-state index in [1.54, 1.807) is 11.8 Å². The van der Waals surface area contributed by atoms with Crippen molar-refractivity contribution >= 4 is 75.1 Å². The molecule has 0 aromatic heterocycles. The van der Waals surface area contributed by atoms with Crippen molar-refractivity contribution in [3.05, 3.63) is 137 Å². The minimum absolute atomic E-state index is 0.0788. The summed E-state index contributed by atoms with van der Waals surface area (Å²) < 4.78 is 1.10. The fourth-order valence-corrected chi connectivity index (χ4v) is 7.54. The average molecular weight is 688 g/mol. The van der Waals surface area contributed by atoms with Gasteiger partial charge in [0, 0.05) is 24.7 Å². The summed E-state index contributed by atoms with van der Waals surface area (Å²) in [7, 11) is 0. The number of amides is 3. The van der Waals surface area contributed by atoms with Crippen LogP contribution in [0.25, 0.3) is 0 Å². The van der Waals surface area contributed by atoms with E-state index in [1.807, 2.05) is 114 Å². The highest BCUT2D eigenvalue weighted by Crippen LogP contribution is 2.44. The molecule has 2 aliphatic rings. The Morgan fingerprint density at radius 1 is 0.805 bits per heavy atom. The monoisotopic (exact) mass is 687 g/mol. The summed E-state index contributed by atoms with van der Waals surface area (Å²) in [5.74, 6) is -0.109. The van der Waals surface area contributed by atoms with E-state index in [4.69, 9.17) is 0 Å². The van der Waals surface area contributed by atoms with Gasteiger partial charge in [0.15, 0.2) is 0 Å². The second-order valence-corrected chi connectivity index (χ2v) is 13.2. The van der Waals surface area contributed by atoms with Crippen molar-refractivity contribution in [2.75, 3.05) is 15.5 Å². The Bertz CT molecular complexity index is 1630. The maximum Gasteiger partial charge on any atom is 0.326 e. The fourth-order valence-electron chi connectivity index (χ4n) is 4.83. The number of nitrogens with zero attached hydrogens (tertiary/aromatic N) is 1. The number of nitrogens with one attached hydrogen (secondary N) is 2. The number of halogens is 1. The molecule has 1 heterocycles. The van der Waals surface area contributed by atoms with Crippen LogP contribution in [0.1, 0.15) is 10.8 Å². The number of hydrogen-bond acceptors (Lipinski definition) is 4. The van der Waals surface area contributed by atoms with Gasteiger partial charge in [0.1, 0.15) is 5.25 Å². The van der Waals surface area contributed by atoms with E-state index in [2.05, 4.69) is 51.4 Å². The van der Waals surface area contributed by atoms with Gasteiger partial charge in [-0.05, 0) is 82.8 Å². The smallest absolute Gasteiger partial charge is 0.325 e. The Kier molecular flexibility index (Phi) is 8.50. The Morgan fingerprint density at radius 3 is 2.39 bits per heavy atom. The molecule has 3 atom stereocenters. The second-order valence-electron chi connectivity index (χ2n) is 9.54. The summed E-state index contributed by atoms with van der Waals surface area (Å²) >= 11 is 5.48. The van der Waals surface area contributed by atoms with Gasteiger partial charge < -0.3 is 10.6 Å². The Morgan fingerprint density at radius 2 is 1.56 bits per heavy atom. The number of carbonyl (C=O) groups excluding carboxylic acids is 2. The first-order chi connectivity index (χ1) is 20.0. The zero-order valence-corrected chi connectivity index (χ0v) is 25.6. The van der Waals surface area contributed by atoms with Gasteiger partial charge in [-0.1, -0.05) is 72.8 Å². The zero-order chi connectivity index (χ0) is 28.2. The molecular weight excluding hydrogens is 661 g/mol. The van der Waals surface area contributed by atoms with E-state index in [0.29, 0.717) is 5.69 Å². The molecule has 204 valence electrons. The third-order valence-corrected chi connectivity index (χ3v) is 10.0. The lowest BCUT2D eigenvalue weighted by Crippen LogP contribution is -2.49. The number of benzene rings is 4. The van der Waals surface area contributed by atoms with Crippen LogP contribution in [-0.2, 0) is 4.79 Å². The van der Waals surface area contributed by atoms with Gasteiger partial charge in [-0.2, -0.15) is 0 Å². The summed E-state index contributed by atoms with van der Waals surface area (Å²) in [6, 6.07) is 32.9. The first kappa shape index (κ1) is 27.7. The van der Waals surface area contributed by atoms with E-state index in [-0.39, 0.29) is 23.2 Å². The summed E-state index contributed by atoms with van der Waals surface area (Å²) in [6.45, 7) is 0. The molecule has 0 radical (unpaired) electrons. The summed E-state index contributed by atoms with van der Waals surface area (Å²) in [6.07, 6.45) is 8.26. The van der Waals surface area contributed by atoms with Gasteiger partial charge in [-0.25, -0.2) is 4.79 Å². The summed E-state index contributed by atoms with van der Waals surface area (Å²) in [4.78, 5) is 31.1. The van der Waals surface area contributed by atoms with Crippen molar-refractivity contribution in [3.63, 3.8) is 0 Å². The van der Waals surface area contributed by atoms with Gasteiger partial charge in [-0.3, -0.25) is 9.69 Å². The SMILES string of the molecule is O=C(Nc1ccc(I)cc1)C(Sc1cccc(NC(=O)N2c3ccccc3SC3C=CC=CC32)c1)c1ccccc1. The molecule has 5 nitrogen and oxygen atoms in total. The van der Waals surface area contributed by atoms with Gasteiger partial charge in [0.05, 0.1) is 17.0 Å². The molecule has 1 aliphatic heterocycles. The van der Waals surface area contributed by atoms with Crippen molar-refractivity contribution in [2.24, 2.45) is 0 Å². The number of hydrogen-bond donors (Lipinski definition) is 2. The highest BCUT2D eigenvalue weighted by molar-refractivity contribution is 14.1. The molecule has 1 aliphatic carbocycles. The minimum atomic E-state index is -0.479. The Hall–Kier alpha value is -3.47. The number of para-hydroxylation sites is 1. The molecule has 41 heavy (non-hydrogen) atoms. The van der Waals surface area contributed by atoms with Crippen molar-refractivity contribution in [1.29, 1.82) is 0 Å². The molecule has 0 saturated heterocycles. The third-order valence-electron chi connectivity index (χ3n) is 6.75. The number of allylic oxidation sites excluding steroid dienone is 2. The summed E-state index contributed by atoms with van der Waals surface area (Å²) in [5, 5.41) is 5.85. The van der Waals surface area contributed by atoms with Gasteiger partial charge in [0.25, 0.3) is 0 Å². The number of carbonyl (C=O) groups is 2. The molecular formula is C33H26IN3O2S2. The first-order valence-corrected chi connectivity index (χ1v) is 16.0. The number of fused-ring (bicyclic) bond motifs is 2. The highest BCUT2D eigenvalue weighted by atomic mass is 127. The lowest BCUT2D eigenvalue weighted by atomic mass is 10.1. The largest absolute Gasteiger partial charge is 0.326 e. The number of anilines is 3. The molecule has 2 N–H and O–H groups in total. The van der Waals surface area contributed by atoms with Crippen LogP contribution in [-0.4, -0.2) is 23.2 Å². The zero-order valence-electron chi connectivity index (χ0n) is 21.8. The maximum atomic E-state index is 13.8. The molecule has 4 aromatic carbocycles. The number of rotatable bonds is 6. The predicted octanol–water partition coefficient (Wildman–Crippen LogP) is 8.77. The Labute approximate surface area is 261 Å². The summed E-state index contributed by atoms with van der Waals surface area (Å²) in [5.41, 5.74) is 3.23. The van der Waals surface area contributed by atoms with Gasteiger partial charge in [0.2, 0.25) is 5.91 Å². The molecule has 0 fully saturated rings. The van der Waals surface area contributed by atoms with E-state index in [9.17, 15) is 9.59 Å². The van der Waals surface area contributed by atoms with Crippen LogP contribution in [0.5, 0.6) is 0 Å². The maximum absolute atomic E-state index is 13.8. The molecule has 6 rings (SSSR count).